The number of carbonyl (C=O) groups is 2. The van der Waals surface area contributed by atoms with Gasteiger partial charge in [-0.3, -0.25) is 9.59 Å². The van der Waals surface area contributed by atoms with Crippen molar-refractivity contribution in [1.82, 2.24) is 5.32 Å². The second-order valence-electron chi connectivity index (χ2n) is 5.19. The summed E-state index contributed by atoms with van der Waals surface area (Å²) < 4.78 is 0. The predicted molar refractivity (Wildman–Crippen MR) is 76.4 cm³/mol. The minimum absolute atomic E-state index is 0.0388. The first kappa shape index (κ1) is 14.5. The van der Waals surface area contributed by atoms with Gasteiger partial charge in [0.2, 0.25) is 5.91 Å². The highest BCUT2D eigenvalue weighted by molar-refractivity contribution is 5.96. The van der Waals surface area contributed by atoms with E-state index in [1.807, 2.05) is 0 Å². The Morgan fingerprint density at radius 2 is 2.15 bits per heavy atom. The average Bonchev–Trinajstić information content (AvgIpc) is 3.22. The third kappa shape index (κ3) is 4.06. The lowest BCUT2D eigenvalue weighted by molar-refractivity contribution is -0.114. The summed E-state index contributed by atoms with van der Waals surface area (Å²) in [6.45, 7) is 1.50. The lowest BCUT2D eigenvalue weighted by atomic mass is 10.1. The molecule has 3 N–H and O–H groups in total. The summed E-state index contributed by atoms with van der Waals surface area (Å²) in [6, 6.07) is 6.88. The van der Waals surface area contributed by atoms with Crippen molar-refractivity contribution in [3.63, 3.8) is 0 Å². The van der Waals surface area contributed by atoms with Gasteiger partial charge in [0.05, 0.1) is 0 Å². The molecule has 0 bridgehead atoms. The van der Waals surface area contributed by atoms with Crippen molar-refractivity contribution in [3.05, 3.63) is 29.8 Å². The Hall–Kier alpha value is -1.88. The Bertz CT molecular complexity index is 498. The van der Waals surface area contributed by atoms with Gasteiger partial charge >= 0.3 is 0 Å². The van der Waals surface area contributed by atoms with Crippen LogP contribution >= 0.6 is 0 Å². The van der Waals surface area contributed by atoms with Crippen LogP contribution in [0.4, 0.5) is 5.69 Å². The first-order valence-corrected chi connectivity index (χ1v) is 6.89. The van der Waals surface area contributed by atoms with Gasteiger partial charge in [-0.25, -0.2) is 0 Å². The molecule has 1 fully saturated rings. The van der Waals surface area contributed by atoms with Crippen LogP contribution in [0.2, 0.25) is 0 Å². The molecule has 1 saturated carbocycles. The maximum Gasteiger partial charge on any atom is 0.251 e. The van der Waals surface area contributed by atoms with Crippen LogP contribution in [-0.2, 0) is 4.79 Å². The molecule has 1 aromatic rings. The van der Waals surface area contributed by atoms with Crippen LogP contribution in [0.25, 0.3) is 0 Å². The van der Waals surface area contributed by atoms with E-state index in [1.54, 1.807) is 24.3 Å². The van der Waals surface area contributed by atoms with Crippen molar-refractivity contribution in [2.75, 3.05) is 11.9 Å². The van der Waals surface area contributed by atoms with Crippen LogP contribution in [0.3, 0.4) is 0 Å². The monoisotopic (exact) mass is 276 g/mol. The Labute approximate surface area is 118 Å². The van der Waals surface area contributed by atoms with Gasteiger partial charge in [0.1, 0.15) is 0 Å². The third-order valence-electron chi connectivity index (χ3n) is 3.39. The number of hydrogen-bond acceptors (Lipinski definition) is 3. The van der Waals surface area contributed by atoms with Gasteiger partial charge in [-0.1, -0.05) is 6.07 Å². The summed E-state index contributed by atoms with van der Waals surface area (Å²) in [5, 5.41) is 14.7. The molecular weight excluding hydrogens is 256 g/mol. The second kappa shape index (κ2) is 6.52. The number of rotatable bonds is 6. The average molecular weight is 276 g/mol. The molecule has 1 aliphatic carbocycles. The van der Waals surface area contributed by atoms with E-state index in [0.29, 0.717) is 23.6 Å². The molecule has 1 aliphatic rings. The summed E-state index contributed by atoms with van der Waals surface area (Å²) in [6.07, 6.45) is 2.80. The van der Waals surface area contributed by atoms with E-state index in [-0.39, 0.29) is 24.5 Å². The van der Waals surface area contributed by atoms with Gasteiger partial charge in [-0.05, 0) is 43.4 Å². The summed E-state index contributed by atoms with van der Waals surface area (Å²) in [7, 11) is 0. The lowest BCUT2D eigenvalue weighted by Crippen LogP contribution is -2.37. The van der Waals surface area contributed by atoms with E-state index in [2.05, 4.69) is 10.6 Å². The number of anilines is 1. The number of amides is 2. The highest BCUT2D eigenvalue weighted by Crippen LogP contribution is 2.34. The molecule has 2 rings (SSSR count). The molecule has 0 aromatic heterocycles. The van der Waals surface area contributed by atoms with E-state index < -0.39 is 0 Å². The number of aliphatic hydroxyl groups excluding tert-OH is 1. The summed E-state index contributed by atoms with van der Waals surface area (Å²) >= 11 is 0. The zero-order chi connectivity index (χ0) is 14.5. The van der Waals surface area contributed by atoms with Crippen molar-refractivity contribution >= 4 is 17.5 Å². The van der Waals surface area contributed by atoms with Gasteiger partial charge in [0, 0.05) is 30.8 Å². The molecule has 1 unspecified atom stereocenters. The summed E-state index contributed by atoms with van der Waals surface area (Å²) in [5.41, 5.74) is 1.12. The van der Waals surface area contributed by atoms with Crippen LogP contribution in [0, 0.1) is 5.92 Å². The fraction of sp³-hybridized carbons (Fsp3) is 0.467. The molecule has 5 nitrogen and oxygen atoms in total. The summed E-state index contributed by atoms with van der Waals surface area (Å²) in [4.78, 5) is 23.2. The van der Waals surface area contributed by atoms with Gasteiger partial charge in [0.15, 0.2) is 0 Å². The van der Waals surface area contributed by atoms with Crippen molar-refractivity contribution in [2.45, 2.75) is 32.2 Å². The number of benzene rings is 1. The zero-order valence-electron chi connectivity index (χ0n) is 11.6. The first-order chi connectivity index (χ1) is 9.60. The van der Waals surface area contributed by atoms with E-state index >= 15 is 0 Å². The minimum Gasteiger partial charge on any atom is -0.396 e. The standard InChI is InChI=1S/C15H20N2O3/c1-10(19)16-13-4-2-3-12(9-13)15(20)17-14(7-8-18)11-5-6-11/h2-4,9,11,14,18H,5-8H2,1H3,(H,16,19)(H,17,20). The Morgan fingerprint density at radius 1 is 1.40 bits per heavy atom. The normalized spacial score (nSPS) is 15.5. The highest BCUT2D eigenvalue weighted by atomic mass is 16.3. The maximum atomic E-state index is 12.2. The Morgan fingerprint density at radius 3 is 2.75 bits per heavy atom. The second-order valence-corrected chi connectivity index (χ2v) is 5.19. The van der Waals surface area contributed by atoms with Crippen molar-refractivity contribution in [3.8, 4) is 0 Å². The quantitative estimate of drug-likeness (QED) is 0.737. The molecule has 1 aromatic carbocycles. The number of aliphatic hydroxyl groups is 1. The largest absolute Gasteiger partial charge is 0.396 e. The third-order valence-corrected chi connectivity index (χ3v) is 3.39. The molecule has 0 radical (unpaired) electrons. The SMILES string of the molecule is CC(=O)Nc1cccc(C(=O)NC(CCO)C2CC2)c1. The molecule has 0 heterocycles. The van der Waals surface area contributed by atoms with Crippen molar-refractivity contribution in [1.29, 1.82) is 0 Å². The molecule has 0 saturated heterocycles. The molecule has 0 spiro atoms. The smallest absolute Gasteiger partial charge is 0.251 e. The molecular formula is C15H20N2O3. The van der Waals surface area contributed by atoms with E-state index in [9.17, 15) is 9.59 Å². The lowest BCUT2D eigenvalue weighted by Gasteiger charge is -2.17. The molecule has 108 valence electrons. The summed E-state index contributed by atoms with van der Waals surface area (Å²) in [5.74, 6) is 0.158. The van der Waals surface area contributed by atoms with Crippen molar-refractivity contribution in [2.24, 2.45) is 5.92 Å². The van der Waals surface area contributed by atoms with Gasteiger partial charge < -0.3 is 15.7 Å². The van der Waals surface area contributed by atoms with Crippen molar-refractivity contribution < 1.29 is 14.7 Å². The predicted octanol–water partition coefficient (Wildman–Crippen LogP) is 1.54. The van der Waals surface area contributed by atoms with E-state index in [1.165, 1.54) is 6.92 Å². The van der Waals surface area contributed by atoms with Crippen LogP contribution in [0.1, 0.15) is 36.5 Å². The van der Waals surface area contributed by atoms with E-state index in [4.69, 9.17) is 5.11 Å². The van der Waals surface area contributed by atoms with Crippen LogP contribution in [-0.4, -0.2) is 29.6 Å². The fourth-order valence-corrected chi connectivity index (χ4v) is 2.26. The zero-order valence-corrected chi connectivity index (χ0v) is 11.6. The number of nitrogens with one attached hydrogen (secondary N) is 2. The van der Waals surface area contributed by atoms with Gasteiger partial charge in [0.25, 0.3) is 5.91 Å². The van der Waals surface area contributed by atoms with Crippen LogP contribution in [0.15, 0.2) is 24.3 Å². The Balaban J connectivity index is 2.02. The molecule has 1 atom stereocenters. The van der Waals surface area contributed by atoms with Crippen LogP contribution in [0.5, 0.6) is 0 Å². The Kier molecular flexibility index (Phi) is 4.74. The van der Waals surface area contributed by atoms with Crippen LogP contribution < -0.4 is 10.6 Å². The first-order valence-electron chi connectivity index (χ1n) is 6.89. The number of hydrogen-bond donors (Lipinski definition) is 3. The van der Waals surface area contributed by atoms with Gasteiger partial charge in [-0.2, -0.15) is 0 Å². The molecule has 5 heteroatoms. The minimum atomic E-state index is -0.168. The highest BCUT2D eigenvalue weighted by Gasteiger charge is 2.31. The van der Waals surface area contributed by atoms with E-state index in [0.717, 1.165) is 12.8 Å². The molecule has 0 aliphatic heterocycles. The fourth-order valence-electron chi connectivity index (χ4n) is 2.26. The van der Waals surface area contributed by atoms with Gasteiger partial charge in [-0.15, -0.1) is 0 Å². The molecule has 2 amide bonds. The molecule has 20 heavy (non-hydrogen) atoms. The number of carbonyl (C=O) groups excluding carboxylic acids is 2. The maximum absolute atomic E-state index is 12.2. The topological polar surface area (TPSA) is 78.4 Å².